The largest absolute Gasteiger partial charge is 0.508 e. The minimum Gasteiger partial charge on any atom is -0.508 e. The molecule has 24 N–H and O–H groups in total. The van der Waals surface area contributed by atoms with Gasteiger partial charge in [-0.2, -0.15) is 4.39 Å². The van der Waals surface area contributed by atoms with Crippen molar-refractivity contribution in [1.82, 2.24) is 45.7 Å². The zero-order valence-corrected chi connectivity index (χ0v) is 88.9. The number of para-hydroxylation sites is 2. The molecule has 0 amide bonds. The molecule has 0 aliphatic rings. The van der Waals surface area contributed by atoms with Crippen LogP contribution in [0.5, 0.6) is 46.0 Å². The number of aryl methyl sites for hydroxylation is 2. The second kappa shape index (κ2) is 53.6. The molecule has 150 heavy (non-hydrogen) atoms. The smallest absolute Gasteiger partial charge is 0.201 e. The molecule has 10 atom stereocenters. The van der Waals surface area contributed by atoms with Crippen LogP contribution in [0.4, 0.5) is 22.0 Å². The van der Waals surface area contributed by atoms with Crippen LogP contribution in [0.3, 0.4) is 0 Å². The maximum absolute atomic E-state index is 13.6. The molecule has 10 aromatic carbocycles. The Labute approximate surface area is 876 Å². The number of aromatic hydroxyl groups is 4. The molecule has 0 spiro atoms. The van der Waals surface area contributed by atoms with Crippen LogP contribution in [-0.2, 0) is 65.4 Å². The number of aromatic nitrogens is 10. The standard InChI is InChI=1S/C13H18N2O.C12H15FN2O.3C12H16N2O.C11H13ClN2.C11H12F2N2O.C11H13FN2O.C11H13FN2.C11H14N2O/c1-9-7-15(8-10(2)14)13-6-11(16-3)4-5-12(9)13;1-8(14)7-15-4-3-9-5-10(13)12(16-2)6-11(9)15;1-8-5-10(15)6-12-11(8)3-4-14(12)7-9(2)13;1-9(13)8-14-6-5-10-3-4-11(15-2)7-12(10)14;1-9(13)8-14-7-6-10-4-3-5-11(15-2)12(10)14;1-8(13)7-14-5-4-9-2-3-10(12)6-11(9)14;1-6(14)5-15-3-2-7-8(15)4-9(16)11(13)10(7)12;1-7(13)6-14-5-4-8-2-3-9(15)10(12)11(8)14;1-8(13)7-14-5-4-9-6-10(12)2-3-11(9)14;1-8(12)7-13-6-5-9-3-2-4-10(14)11(9)13/h4-7,10H,8,14H2,1-3H3;3-6,8H,7,14H2,1-2H3;3-6,9,15H,7,13H2,1-2H3;2*3-7,9H,8,13H2,1-2H3;2-6,8H,7,13H2,1H3;2-4,6,16H,5,14H2,1H3;2-5,7,15H,6,13H2,1H3;2-6,8H,7,13H2,1H3;2-6,8,14H,7,12H2,1H3/t10-;8-;;2*9-;8-;;;8-;/m00.000..0./s1. The average molecular weight is 2080 g/mol. The highest BCUT2D eigenvalue weighted by Crippen LogP contribution is 2.35. The number of rotatable bonds is 24. The fourth-order valence-electron chi connectivity index (χ4n) is 17.8. The Balaban J connectivity index is 0.000000158. The summed E-state index contributed by atoms with van der Waals surface area (Å²) in [6.07, 6.45) is 19.5. The van der Waals surface area contributed by atoms with Gasteiger partial charge in [0.05, 0.1) is 72.6 Å². The van der Waals surface area contributed by atoms with Gasteiger partial charge in [-0.1, -0.05) is 41.9 Å². The van der Waals surface area contributed by atoms with Gasteiger partial charge in [0.15, 0.2) is 34.7 Å². The van der Waals surface area contributed by atoms with Gasteiger partial charge in [-0.15, -0.1) is 0 Å². The van der Waals surface area contributed by atoms with Gasteiger partial charge in [0, 0.05) is 277 Å². The molecule has 0 aliphatic carbocycles. The molecule has 4 unspecified atom stereocenters. The summed E-state index contributed by atoms with van der Waals surface area (Å²) in [7, 11) is 6.52. The Morgan fingerprint density at radius 3 is 1.15 bits per heavy atom. The lowest BCUT2D eigenvalue weighted by molar-refractivity contribution is 0.387. The van der Waals surface area contributed by atoms with E-state index in [4.69, 9.17) is 87.9 Å². The Morgan fingerprint density at radius 1 is 0.267 bits per heavy atom. The summed E-state index contributed by atoms with van der Waals surface area (Å²) in [5.41, 5.74) is 69.2. The maximum Gasteiger partial charge on any atom is 0.201 e. The second-order valence-corrected chi connectivity index (χ2v) is 39.2. The van der Waals surface area contributed by atoms with Crippen molar-refractivity contribution in [2.75, 3.05) is 28.4 Å². The maximum atomic E-state index is 13.6. The molecule has 10 heterocycles. The van der Waals surface area contributed by atoms with E-state index in [-0.39, 0.29) is 88.9 Å². The third-order valence-corrected chi connectivity index (χ3v) is 24.5. The number of ether oxygens (including phenoxy) is 4. The highest BCUT2D eigenvalue weighted by molar-refractivity contribution is 6.31. The van der Waals surface area contributed by atoms with E-state index in [2.05, 4.69) is 96.9 Å². The number of methoxy groups -OCH3 is 4. The molecule has 0 radical (unpaired) electrons. The van der Waals surface area contributed by atoms with E-state index in [1.54, 1.807) is 85.3 Å². The van der Waals surface area contributed by atoms with E-state index in [9.17, 15) is 42.4 Å². The van der Waals surface area contributed by atoms with Gasteiger partial charge < -0.3 is 142 Å². The number of nitrogens with zero attached hydrogens (tertiary/aromatic N) is 10. The van der Waals surface area contributed by atoms with E-state index in [1.165, 1.54) is 87.0 Å². The third-order valence-electron chi connectivity index (χ3n) is 24.2. The number of nitrogens with two attached hydrogens (primary N) is 10. The molecule has 34 heteroatoms. The Bertz CT molecular complexity index is 7780. The van der Waals surface area contributed by atoms with Crippen LogP contribution in [0.1, 0.15) is 80.4 Å². The van der Waals surface area contributed by atoms with Crippen molar-refractivity contribution in [3.05, 3.63) is 313 Å². The molecule has 28 nitrogen and oxygen atoms in total. The number of benzene rings is 10. The van der Waals surface area contributed by atoms with Crippen molar-refractivity contribution in [3.63, 3.8) is 0 Å². The van der Waals surface area contributed by atoms with Crippen molar-refractivity contribution in [3.8, 4) is 46.0 Å². The van der Waals surface area contributed by atoms with Gasteiger partial charge in [0.25, 0.3) is 0 Å². The molecule has 0 fully saturated rings. The summed E-state index contributed by atoms with van der Waals surface area (Å²) < 4.78 is 107. The van der Waals surface area contributed by atoms with Gasteiger partial charge in [-0.3, -0.25) is 0 Å². The molecule has 0 bridgehead atoms. The molecule has 20 aromatic rings. The summed E-state index contributed by atoms with van der Waals surface area (Å²) in [6.45, 7) is 30.9. The summed E-state index contributed by atoms with van der Waals surface area (Å²) >= 11 is 5.94. The van der Waals surface area contributed by atoms with Crippen molar-refractivity contribution in [1.29, 1.82) is 0 Å². The molecule has 0 aliphatic heterocycles. The summed E-state index contributed by atoms with van der Waals surface area (Å²) in [5.74, 6) is -0.828. The monoisotopic (exact) mass is 2080 g/mol. The van der Waals surface area contributed by atoms with Crippen LogP contribution >= 0.6 is 11.6 Å². The number of phenols is 4. The fourth-order valence-corrected chi connectivity index (χ4v) is 18.0. The molecular weight excluding hydrogens is 1930 g/mol. The molecule has 800 valence electrons. The molecule has 20 rings (SSSR count). The van der Waals surface area contributed by atoms with Crippen molar-refractivity contribution >= 4 is 121 Å². The minimum absolute atomic E-state index is 0.0534. The lowest BCUT2D eigenvalue weighted by atomic mass is 10.1. The van der Waals surface area contributed by atoms with Crippen LogP contribution in [0.15, 0.2) is 268 Å². The number of hydrogen-bond acceptors (Lipinski definition) is 18. The summed E-state index contributed by atoms with van der Waals surface area (Å²) in [6, 6.07) is 63.6. The first-order valence-electron chi connectivity index (χ1n) is 49.8. The van der Waals surface area contributed by atoms with Crippen molar-refractivity contribution < 1.29 is 61.3 Å². The quantitative estimate of drug-likeness (QED) is 0.0250. The van der Waals surface area contributed by atoms with Gasteiger partial charge in [-0.05, 0) is 251 Å². The predicted octanol–water partition coefficient (Wildman–Crippen LogP) is 20.7. The van der Waals surface area contributed by atoms with E-state index >= 15 is 0 Å². The summed E-state index contributed by atoms with van der Waals surface area (Å²) in [4.78, 5) is 0. The zero-order valence-electron chi connectivity index (χ0n) is 88.2. The van der Waals surface area contributed by atoms with E-state index in [0.717, 1.165) is 128 Å². The number of hydrogen-bond donors (Lipinski definition) is 14. The molecular formula is C116H146ClF5N20O8. The Morgan fingerprint density at radius 2 is 0.640 bits per heavy atom. The summed E-state index contributed by atoms with van der Waals surface area (Å²) in [5, 5.41) is 48.3. The molecule has 0 saturated carbocycles. The zero-order chi connectivity index (χ0) is 109. The topological polar surface area (TPSA) is 427 Å². The first-order chi connectivity index (χ1) is 71.3. The normalized spacial score (nSPS) is 13.2. The van der Waals surface area contributed by atoms with Crippen LogP contribution in [-0.4, -0.2) is 155 Å². The third kappa shape index (κ3) is 30.9. The van der Waals surface area contributed by atoms with Crippen molar-refractivity contribution in [2.45, 2.75) is 209 Å². The van der Waals surface area contributed by atoms with E-state index in [0.29, 0.717) is 42.2 Å². The predicted molar refractivity (Wildman–Crippen MR) is 603 cm³/mol. The number of fused-ring (bicyclic) bond motifs is 10. The van der Waals surface area contributed by atoms with Gasteiger partial charge in [-0.25, -0.2) is 17.6 Å². The fraction of sp³-hybridized carbons (Fsp3) is 0.310. The van der Waals surface area contributed by atoms with Crippen molar-refractivity contribution in [2.24, 2.45) is 57.3 Å². The van der Waals surface area contributed by atoms with Crippen LogP contribution in [0, 0.1) is 42.9 Å². The lowest BCUT2D eigenvalue weighted by Crippen LogP contribution is -2.21. The van der Waals surface area contributed by atoms with Crippen LogP contribution < -0.4 is 76.3 Å². The van der Waals surface area contributed by atoms with Crippen LogP contribution in [0.25, 0.3) is 109 Å². The SMILES string of the molecule is CC(N)Cn1ccc2c(F)c(F)c(O)cc21.CC(N)Cn1ccc2ccc(O)c(F)c21.CC(N)Cn1ccc2cccc(O)c21.COc1cc2c(ccn2C[C@H](C)N)cc1F.COc1ccc2c(C)cn(C[C@H](C)N)c2c1.COc1ccc2ccn(C[C@H](C)N)c2c1.COc1cccc2ccn(C[C@H](C)N)c12.C[C@H](N)Cn1ccc2cc(F)ccc21.C[C@H](N)Cn1ccc2ccc(Cl)cc21.Cc1cc(O)cc2c1ccn2CC(C)N. The first kappa shape index (κ1) is 116. The van der Waals surface area contributed by atoms with Gasteiger partial charge in [0.1, 0.15) is 34.6 Å². The molecule has 0 saturated heterocycles. The minimum atomic E-state index is -1.22. The Hall–Kier alpha value is -14.5. The second-order valence-electron chi connectivity index (χ2n) is 38.8. The lowest BCUT2D eigenvalue weighted by Gasteiger charge is -2.10. The number of halogens is 6. The number of phenolic OH excluding ortho intramolecular Hbond substituents is 4. The average Bonchev–Trinajstić information content (AvgIpc) is 1.62. The first-order valence-corrected chi connectivity index (χ1v) is 50.1. The van der Waals surface area contributed by atoms with E-state index < -0.39 is 23.2 Å². The highest BCUT2D eigenvalue weighted by atomic mass is 35.5. The Kier molecular flexibility index (Phi) is 41.4. The van der Waals surface area contributed by atoms with Gasteiger partial charge in [0.2, 0.25) is 5.82 Å². The molecule has 10 aromatic heterocycles. The van der Waals surface area contributed by atoms with Crippen LogP contribution in [0.2, 0.25) is 5.02 Å². The van der Waals surface area contributed by atoms with Gasteiger partial charge >= 0.3 is 0 Å². The highest BCUT2D eigenvalue weighted by Gasteiger charge is 2.20. The van der Waals surface area contributed by atoms with E-state index in [1.807, 2.05) is 200 Å².